The predicted molar refractivity (Wildman–Crippen MR) is 79.3 cm³/mol. The minimum atomic E-state index is 0.191. The van der Waals surface area contributed by atoms with Crippen molar-refractivity contribution < 1.29 is 0 Å². The fourth-order valence-corrected chi connectivity index (χ4v) is 2.38. The summed E-state index contributed by atoms with van der Waals surface area (Å²) in [5, 5.41) is 5.48. The molecule has 0 spiro atoms. The molecule has 3 heteroatoms. The molecule has 0 aliphatic heterocycles. The van der Waals surface area contributed by atoms with Crippen molar-refractivity contribution in [3.05, 3.63) is 35.5 Å². The Morgan fingerprint density at radius 2 is 1.94 bits per heavy atom. The van der Waals surface area contributed by atoms with Crippen LogP contribution < -0.4 is 5.32 Å². The van der Waals surface area contributed by atoms with Gasteiger partial charge in [0.15, 0.2) is 0 Å². The van der Waals surface area contributed by atoms with Gasteiger partial charge in [0.25, 0.3) is 0 Å². The van der Waals surface area contributed by atoms with Crippen molar-refractivity contribution in [2.24, 2.45) is 0 Å². The molecule has 0 saturated heterocycles. The molecule has 0 amide bonds. The van der Waals surface area contributed by atoms with Crippen LogP contribution in [0.5, 0.6) is 0 Å². The Morgan fingerprint density at radius 3 is 2.67 bits per heavy atom. The van der Waals surface area contributed by atoms with Crippen LogP contribution in [0.15, 0.2) is 30.5 Å². The molecule has 0 saturated carbocycles. The van der Waals surface area contributed by atoms with Crippen molar-refractivity contribution in [3.8, 4) is 0 Å². The third kappa shape index (κ3) is 3.27. The molecule has 0 bridgehead atoms. The van der Waals surface area contributed by atoms with Gasteiger partial charge in [0.2, 0.25) is 0 Å². The Kier molecular flexibility index (Phi) is 3.98. The second-order valence-electron chi connectivity index (χ2n) is 5.72. The average molecular weight is 265 g/mol. The highest BCUT2D eigenvalue weighted by Crippen LogP contribution is 2.25. The van der Waals surface area contributed by atoms with Crippen LogP contribution >= 0.6 is 11.6 Å². The van der Waals surface area contributed by atoms with E-state index < -0.39 is 0 Å². The summed E-state index contributed by atoms with van der Waals surface area (Å²) in [6.07, 6.45) is 3.13. The number of rotatable bonds is 4. The SMILES string of the molecule is CC(C)(C)NCCCn1cc(Cl)c2ccccc21. The number of fused-ring (bicyclic) bond motifs is 1. The van der Waals surface area contributed by atoms with Crippen molar-refractivity contribution in [1.82, 2.24) is 9.88 Å². The van der Waals surface area contributed by atoms with Crippen LogP contribution in [0.25, 0.3) is 10.9 Å². The van der Waals surface area contributed by atoms with Gasteiger partial charge in [0.05, 0.1) is 5.02 Å². The summed E-state index contributed by atoms with van der Waals surface area (Å²) in [7, 11) is 0. The first-order chi connectivity index (χ1) is 8.47. The van der Waals surface area contributed by atoms with Crippen molar-refractivity contribution in [3.63, 3.8) is 0 Å². The molecule has 1 heterocycles. The summed E-state index contributed by atoms with van der Waals surface area (Å²) in [5.74, 6) is 0. The lowest BCUT2D eigenvalue weighted by molar-refractivity contribution is 0.414. The Labute approximate surface area is 114 Å². The Balaban J connectivity index is 2.00. The van der Waals surface area contributed by atoms with Gasteiger partial charge in [0, 0.05) is 29.2 Å². The molecular formula is C15H21ClN2. The highest BCUT2D eigenvalue weighted by Gasteiger charge is 2.08. The van der Waals surface area contributed by atoms with Crippen LogP contribution in [0.2, 0.25) is 5.02 Å². The van der Waals surface area contributed by atoms with Gasteiger partial charge >= 0.3 is 0 Å². The molecule has 2 nitrogen and oxygen atoms in total. The molecule has 0 aliphatic rings. The highest BCUT2D eigenvalue weighted by atomic mass is 35.5. The van der Waals surface area contributed by atoms with Gasteiger partial charge in [-0.25, -0.2) is 0 Å². The number of hydrogen-bond donors (Lipinski definition) is 1. The smallest absolute Gasteiger partial charge is 0.0661 e. The van der Waals surface area contributed by atoms with Crippen LogP contribution in [0.4, 0.5) is 0 Å². The predicted octanol–water partition coefficient (Wildman–Crippen LogP) is 4.07. The van der Waals surface area contributed by atoms with Gasteiger partial charge in [0.1, 0.15) is 0 Å². The minimum Gasteiger partial charge on any atom is -0.346 e. The number of halogens is 1. The second kappa shape index (κ2) is 5.33. The lowest BCUT2D eigenvalue weighted by Crippen LogP contribution is -2.36. The average Bonchev–Trinajstić information content (AvgIpc) is 2.62. The third-order valence-electron chi connectivity index (χ3n) is 2.97. The lowest BCUT2D eigenvalue weighted by Gasteiger charge is -2.20. The van der Waals surface area contributed by atoms with Gasteiger partial charge < -0.3 is 9.88 Å². The van der Waals surface area contributed by atoms with E-state index >= 15 is 0 Å². The van der Waals surface area contributed by atoms with Crippen molar-refractivity contribution in [2.75, 3.05) is 6.54 Å². The first-order valence-electron chi connectivity index (χ1n) is 6.46. The van der Waals surface area contributed by atoms with Crippen LogP contribution in [-0.2, 0) is 6.54 Å². The van der Waals surface area contributed by atoms with Gasteiger partial charge in [-0.15, -0.1) is 0 Å². The molecular weight excluding hydrogens is 244 g/mol. The molecule has 0 atom stereocenters. The van der Waals surface area contributed by atoms with E-state index in [9.17, 15) is 0 Å². The van der Waals surface area contributed by atoms with E-state index in [0.717, 1.165) is 29.9 Å². The van der Waals surface area contributed by atoms with Crippen molar-refractivity contribution in [2.45, 2.75) is 39.3 Å². The molecule has 1 N–H and O–H groups in total. The summed E-state index contributed by atoms with van der Waals surface area (Å²) in [6.45, 7) is 8.59. The number of hydrogen-bond acceptors (Lipinski definition) is 1. The standard InChI is InChI=1S/C15H21ClN2/c1-15(2,3)17-9-6-10-18-11-13(16)12-7-4-5-8-14(12)18/h4-5,7-8,11,17H,6,9-10H2,1-3H3. The Hall–Kier alpha value is -0.990. The van der Waals surface area contributed by atoms with E-state index in [4.69, 9.17) is 11.6 Å². The highest BCUT2D eigenvalue weighted by molar-refractivity contribution is 6.35. The zero-order valence-corrected chi connectivity index (χ0v) is 12.1. The molecule has 0 aliphatic carbocycles. The molecule has 0 fully saturated rings. The summed E-state index contributed by atoms with van der Waals surface area (Å²) >= 11 is 6.23. The number of nitrogens with zero attached hydrogens (tertiary/aromatic N) is 1. The van der Waals surface area contributed by atoms with Gasteiger partial charge in [-0.3, -0.25) is 0 Å². The Morgan fingerprint density at radius 1 is 1.22 bits per heavy atom. The molecule has 1 aromatic carbocycles. The van der Waals surface area contributed by atoms with Crippen LogP contribution in [0.1, 0.15) is 27.2 Å². The summed E-state index contributed by atoms with van der Waals surface area (Å²) < 4.78 is 2.24. The lowest BCUT2D eigenvalue weighted by atomic mass is 10.1. The molecule has 2 aromatic rings. The van der Waals surface area contributed by atoms with Crippen LogP contribution in [-0.4, -0.2) is 16.7 Å². The van der Waals surface area contributed by atoms with E-state index in [1.54, 1.807) is 0 Å². The zero-order chi connectivity index (χ0) is 13.2. The fraction of sp³-hybridized carbons (Fsp3) is 0.467. The van der Waals surface area contributed by atoms with Crippen LogP contribution in [0.3, 0.4) is 0 Å². The quantitative estimate of drug-likeness (QED) is 0.824. The minimum absolute atomic E-state index is 0.191. The van der Waals surface area contributed by atoms with Gasteiger partial charge in [-0.05, 0) is 39.8 Å². The molecule has 0 radical (unpaired) electrons. The maximum atomic E-state index is 6.23. The van der Waals surface area contributed by atoms with E-state index in [-0.39, 0.29) is 5.54 Å². The maximum absolute atomic E-state index is 6.23. The van der Waals surface area contributed by atoms with E-state index in [1.165, 1.54) is 5.52 Å². The molecule has 0 unspecified atom stereocenters. The number of nitrogens with one attached hydrogen (secondary N) is 1. The van der Waals surface area contributed by atoms with E-state index in [1.807, 2.05) is 12.3 Å². The topological polar surface area (TPSA) is 17.0 Å². The summed E-state index contributed by atoms with van der Waals surface area (Å²) in [6, 6.07) is 8.28. The first-order valence-corrected chi connectivity index (χ1v) is 6.83. The zero-order valence-electron chi connectivity index (χ0n) is 11.3. The maximum Gasteiger partial charge on any atom is 0.0661 e. The monoisotopic (exact) mass is 264 g/mol. The molecule has 98 valence electrons. The largest absolute Gasteiger partial charge is 0.346 e. The summed E-state index contributed by atoms with van der Waals surface area (Å²) in [5.41, 5.74) is 1.41. The number of aryl methyl sites for hydroxylation is 1. The third-order valence-corrected chi connectivity index (χ3v) is 3.27. The van der Waals surface area contributed by atoms with Crippen LogP contribution in [0, 0.1) is 0 Å². The molecule has 18 heavy (non-hydrogen) atoms. The Bertz CT molecular complexity index is 523. The number of para-hydroxylation sites is 1. The summed E-state index contributed by atoms with van der Waals surface area (Å²) in [4.78, 5) is 0. The second-order valence-corrected chi connectivity index (χ2v) is 6.13. The van der Waals surface area contributed by atoms with E-state index in [2.05, 4.69) is 48.9 Å². The molecule has 1 aromatic heterocycles. The number of aromatic nitrogens is 1. The number of benzene rings is 1. The normalized spacial score (nSPS) is 12.2. The van der Waals surface area contributed by atoms with Crippen molar-refractivity contribution in [1.29, 1.82) is 0 Å². The van der Waals surface area contributed by atoms with Gasteiger partial charge in [-0.1, -0.05) is 29.8 Å². The fourth-order valence-electron chi connectivity index (χ4n) is 2.10. The van der Waals surface area contributed by atoms with Crippen molar-refractivity contribution >= 4 is 22.5 Å². The van der Waals surface area contributed by atoms with Gasteiger partial charge in [-0.2, -0.15) is 0 Å². The molecule has 2 rings (SSSR count). The first kappa shape index (κ1) is 13.4. The van der Waals surface area contributed by atoms with E-state index in [0.29, 0.717) is 0 Å².